The molecule has 11 atom stereocenters. The van der Waals surface area contributed by atoms with Crippen LogP contribution in [0.2, 0.25) is 0 Å². The molecule has 0 aromatic heterocycles. The number of esters is 2. The Morgan fingerprint density at radius 3 is 1.48 bits per heavy atom. The predicted octanol–water partition coefficient (Wildman–Crippen LogP) is 6.49. The highest BCUT2D eigenvalue weighted by Crippen LogP contribution is 2.26. The van der Waals surface area contributed by atoms with E-state index in [2.05, 4.69) is 62.5 Å². The molecule has 0 spiro atoms. The van der Waals surface area contributed by atoms with Crippen LogP contribution in [0.3, 0.4) is 0 Å². The first-order valence-corrected chi connectivity index (χ1v) is 24.9. The summed E-state index contributed by atoms with van der Waals surface area (Å²) in [5, 5.41) is 72.0. The van der Waals surface area contributed by atoms with Crippen LogP contribution in [0.15, 0.2) is 60.8 Å². The smallest absolute Gasteiger partial charge is 0.306 e. The third kappa shape index (κ3) is 26.1. The van der Waals surface area contributed by atoms with Gasteiger partial charge in [-0.15, -0.1) is 0 Å². The van der Waals surface area contributed by atoms with Gasteiger partial charge in [-0.1, -0.05) is 152 Å². The number of rotatable bonds is 37. The van der Waals surface area contributed by atoms with E-state index in [0.29, 0.717) is 19.3 Å². The Morgan fingerprint density at radius 1 is 0.500 bits per heavy atom. The van der Waals surface area contributed by atoms with Crippen LogP contribution in [0.5, 0.6) is 0 Å². The third-order valence-electron chi connectivity index (χ3n) is 11.5. The normalized spacial score (nSPS) is 26.7. The minimum absolute atomic E-state index is 0.0859. The van der Waals surface area contributed by atoms with Gasteiger partial charge < -0.3 is 64.2 Å². The van der Waals surface area contributed by atoms with Gasteiger partial charge in [0.15, 0.2) is 18.7 Å². The third-order valence-corrected chi connectivity index (χ3v) is 11.5. The molecule has 15 heteroatoms. The van der Waals surface area contributed by atoms with Gasteiger partial charge in [0, 0.05) is 12.8 Å². The Labute approximate surface area is 394 Å². The first kappa shape index (κ1) is 59.3. The van der Waals surface area contributed by atoms with E-state index in [-0.39, 0.29) is 19.4 Å². The molecule has 0 amide bonds. The monoisotopic (exact) mass is 939 g/mol. The second-order valence-corrected chi connectivity index (χ2v) is 17.3. The molecule has 2 aliphatic heterocycles. The molecule has 0 aliphatic carbocycles. The number of hydrogen-bond donors (Lipinski definition) is 7. The molecule has 2 heterocycles. The Hall–Kier alpha value is -2.80. The average molecular weight is 939 g/mol. The molecule has 2 saturated heterocycles. The van der Waals surface area contributed by atoms with Gasteiger partial charge in [-0.25, -0.2) is 0 Å². The van der Waals surface area contributed by atoms with E-state index >= 15 is 0 Å². The van der Waals surface area contributed by atoms with Gasteiger partial charge >= 0.3 is 11.9 Å². The highest BCUT2D eigenvalue weighted by molar-refractivity contribution is 5.70. The molecule has 0 saturated carbocycles. The van der Waals surface area contributed by atoms with Gasteiger partial charge in [0.2, 0.25) is 0 Å². The van der Waals surface area contributed by atoms with E-state index < -0.39 is 99.3 Å². The zero-order valence-corrected chi connectivity index (χ0v) is 39.9. The summed E-state index contributed by atoms with van der Waals surface area (Å²) in [6.07, 6.45) is 25.4. The van der Waals surface area contributed by atoms with E-state index in [1.807, 2.05) is 12.2 Å². The van der Waals surface area contributed by atoms with Crippen LogP contribution in [-0.2, 0) is 38.0 Å². The molecule has 0 aromatic carbocycles. The van der Waals surface area contributed by atoms with Crippen molar-refractivity contribution in [1.29, 1.82) is 0 Å². The van der Waals surface area contributed by atoms with Gasteiger partial charge in [0.05, 0.1) is 19.8 Å². The van der Waals surface area contributed by atoms with Crippen molar-refractivity contribution in [2.24, 2.45) is 0 Å². The van der Waals surface area contributed by atoms with Crippen molar-refractivity contribution in [2.75, 3.05) is 26.4 Å². The fourth-order valence-corrected chi connectivity index (χ4v) is 7.43. The molecular weight excluding hydrogens is 853 g/mol. The molecule has 0 radical (unpaired) electrons. The molecule has 0 bridgehead atoms. The van der Waals surface area contributed by atoms with Gasteiger partial charge in [0.1, 0.15) is 55.4 Å². The number of carbonyl (C=O) groups is 2. The topological polar surface area (TPSA) is 231 Å². The fourth-order valence-electron chi connectivity index (χ4n) is 7.43. The van der Waals surface area contributed by atoms with Gasteiger partial charge in [-0.05, 0) is 51.4 Å². The van der Waals surface area contributed by atoms with E-state index in [1.54, 1.807) is 0 Å². The van der Waals surface area contributed by atoms with Crippen molar-refractivity contribution in [3.05, 3.63) is 60.8 Å². The molecule has 11 unspecified atom stereocenters. The van der Waals surface area contributed by atoms with Gasteiger partial charge in [0.25, 0.3) is 0 Å². The average Bonchev–Trinajstić information content (AvgIpc) is 3.31. The molecule has 2 rings (SSSR count). The lowest BCUT2D eigenvalue weighted by Crippen LogP contribution is -2.61. The summed E-state index contributed by atoms with van der Waals surface area (Å²) in [6, 6.07) is 0. The van der Waals surface area contributed by atoms with E-state index in [1.165, 1.54) is 57.8 Å². The molecule has 380 valence electrons. The Kier molecular flexibility index (Phi) is 34.2. The first-order valence-electron chi connectivity index (χ1n) is 24.9. The summed E-state index contributed by atoms with van der Waals surface area (Å²) in [5.41, 5.74) is 0. The number of ether oxygens (including phenoxy) is 6. The molecule has 15 nitrogen and oxygen atoms in total. The van der Waals surface area contributed by atoms with Crippen LogP contribution < -0.4 is 0 Å². The predicted molar refractivity (Wildman–Crippen MR) is 252 cm³/mol. The maximum absolute atomic E-state index is 13.0. The second-order valence-electron chi connectivity index (χ2n) is 17.3. The van der Waals surface area contributed by atoms with Gasteiger partial charge in [-0.3, -0.25) is 9.59 Å². The summed E-state index contributed by atoms with van der Waals surface area (Å²) in [4.78, 5) is 25.7. The largest absolute Gasteiger partial charge is 0.462 e. The molecule has 2 aliphatic rings. The van der Waals surface area contributed by atoms with E-state index in [0.717, 1.165) is 51.4 Å². The molecular formula is C51H86O15. The van der Waals surface area contributed by atoms with Crippen molar-refractivity contribution >= 4 is 11.9 Å². The van der Waals surface area contributed by atoms with E-state index in [9.17, 15) is 45.3 Å². The summed E-state index contributed by atoms with van der Waals surface area (Å²) in [5.74, 6) is -0.995. The van der Waals surface area contributed by atoms with Crippen molar-refractivity contribution in [1.82, 2.24) is 0 Å². The van der Waals surface area contributed by atoms with Crippen LogP contribution >= 0.6 is 0 Å². The minimum atomic E-state index is -1.78. The maximum atomic E-state index is 13.0. The van der Waals surface area contributed by atoms with Crippen LogP contribution in [0.25, 0.3) is 0 Å². The van der Waals surface area contributed by atoms with Crippen molar-refractivity contribution in [3.8, 4) is 0 Å². The minimum Gasteiger partial charge on any atom is -0.462 e. The number of hydrogen-bond acceptors (Lipinski definition) is 15. The van der Waals surface area contributed by atoms with Crippen molar-refractivity contribution < 1.29 is 73.8 Å². The Balaban J connectivity index is 1.86. The Bertz CT molecular complexity index is 1380. The Morgan fingerprint density at radius 2 is 0.955 bits per heavy atom. The summed E-state index contributed by atoms with van der Waals surface area (Å²) < 4.78 is 33.5. The summed E-state index contributed by atoms with van der Waals surface area (Å²) in [7, 11) is 0. The molecule has 2 fully saturated rings. The first-order chi connectivity index (χ1) is 32.0. The summed E-state index contributed by atoms with van der Waals surface area (Å²) in [6.45, 7) is 2.40. The standard InChI is InChI=1S/C51H86O15/c1-3-5-7-9-11-13-15-17-18-19-20-22-24-26-28-30-32-34-43(54)64-39(36-61-42(53)33-31-29-27-25-23-21-16-14-12-10-8-6-4-2)37-62-50-49(60)47(58)45(56)41(66-50)38-63-51-48(59)46(57)44(55)40(35-52)65-51/h5,7,11,13,17-18,20,22,26,28,39-41,44-52,55-60H,3-4,6,8-10,12,14-16,19,21,23-25,27,29-38H2,1-2H3/b7-5-,13-11-,18-17-,22-20-,28-26-. The molecule has 7 N–H and O–H groups in total. The second kappa shape index (κ2) is 38.1. The lowest BCUT2D eigenvalue weighted by Gasteiger charge is -2.42. The zero-order valence-electron chi connectivity index (χ0n) is 39.9. The maximum Gasteiger partial charge on any atom is 0.306 e. The van der Waals surface area contributed by atoms with Crippen molar-refractivity contribution in [3.63, 3.8) is 0 Å². The quantitative estimate of drug-likeness (QED) is 0.0201. The highest BCUT2D eigenvalue weighted by atomic mass is 16.7. The lowest BCUT2D eigenvalue weighted by molar-refractivity contribution is -0.332. The number of unbranched alkanes of at least 4 members (excludes halogenated alkanes) is 13. The van der Waals surface area contributed by atoms with Crippen LogP contribution in [0.4, 0.5) is 0 Å². The van der Waals surface area contributed by atoms with Crippen LogP contribution in [0, 0.1) is 0 Å². The molecule has 0 aromatic rings. The van der Waals surface area contributed by atoms with Gasteiger partial charge in [-0.2, -0.15) is 0 Å². The van der Waals surface area contributed by atoms with Crippen molar-refractivity contribution in [2.45, 2.75) is 223 Å². The zero-order chi connectivity index (χ0) is 48.2. The van der Waals surface area contributed by atoms with E-state index in [4.69, 9.17) is 28.4 Å². The molecule has 66 heavy (non-hydrogen) atoms. The van der Waals surface area contributed by atoms with Crippen LogP contribution in [-0.4, -0.2) is 142 Å². The highest BCUT2D eigenvalue weighted by Gasteiger charge is 2.47. The lowest BCUT2D eigenvalue weighted by atomic mass is 9.98. The van der Waals surface area contributed by atoms with Crippen LogP contribution in [0.1, 0.15) is 155 Å². The fraction of sp³-hybridized carbons (Fsp3) is 0.765. The number of aliphatic hydroxyl groups excluding tert-OH is 7. The number of aliphatic hydroxyl groups is 7. The summed E-state index contributed by atoms with van der Waals surface area (Å²) >= 11 is 0. The number of allylic oxidation sites excluding steroid dienone is 10. The SMILES string of the molecule is CC/C=C\C/C=C\C/C=C\C/C=C\C/C=C\CCCC(=O)OC(COC(=O)CCCCCCCCCCCCCCC)COC1OC(COC2OC(CO)C(O)C(O)C2O)C(O)C(O)C1O. The number of carbonyl (C=O) groups excluding carboxylic acids is 2.